The highest BCUT2D eigenvalue weighted by atomic mass is 14.9. The molecule has 0 unspecified atom stereocenters. The molecule has 0 N–H and O–H groups in total. The van der Waals surface area contributed by atoms with Crippen LogP contribution in [0.1, 0.15) is 0 Å². The van der Waals surface area contributed by atoms with Gasteiger partial charge in [-0.25, -0.2) is 0 Å². The first-order chi connectivity index (χ1) is 5.42. The normalized spacial score (nSPS) is 9.73. The molecule has 0 aliphatic heterocycles. The van der Waals surface area contributed by atoms with E-state index in [1.54, 1.807) is 4.57 Å². The molecule has 0 fully saturated rings. The molecule has 1 aromatic carbocycles. The Labute approximate surface area is 65.3 Å². The van der Waals surface area contributed by atoms with Gasteiger partial charge in [0.1, 0.15) is 0 Å². The molecule has 1 heterocycles. The van der Waals surface area contributed by atoms with Crippen LogP contribution in [0, 0.1) is 12.5 Å². The van der Waals surface area contributed by atoms with Crippen LogP contribution in [0.4, 0.5) is 0 Å². The lowest BCUT2D eigenvalue weighted by atomic mass is 10.2. The van der Waals surface area contributed by atoms with Crippen LogP contribution in [-0.2, 0) is 0 Å². The van der Waals surface area contributed by atoms with Gasteiger partial charge in [0.15, 0.2) is 0 Å². The molecule has 1 nitrogen and oxygen atoms in total. The lowest BCUT2D eigenvalue weighted by Crippen LogP contribution is -1.81. The van der Waals surface area contributed by atoms with Crippen molar-refractivity contribution in [3.63, 3.8) is 0 Å². The van der Waals surface area contributed by atoms with E-state index in [4.69, 9.17) is 6.42 Å². The van der Waals surface area contributed by atoms with E-state index in [0.29, 0.717) is 0 Å². The first-order valence-electron chi connectivity index (χ1n) is 3.44. The topological polar surface area (TPSA) is 4.93 Å². The van der Waals surface area contributed by atoms with Gasteiger partial charge in [-0.1, -0.05) is 24.6 Å². The fraction of sp³-hybridized carbons (Fsp3) is 0. The van der Waals surface area contributed by atoms with Gasteiger partial charge in [0.2, 0.25) is 0 Å². The Balaban J connectivity index is 2.89. The zero-order valence-electron chi connectivity index (χ0n) is 5.99. The predicted molar refractivity (Wildman–Crippen MR) is 46.2 cm³/mol. The third-order valence-electron chi connectivity index (χ3n) is 1.74. The summed E-state index contributed by atoms with van der Waals surface area (Å²) < 4.78 is 1.77. The third-order valence-corrected chi connectivity index (χ3v) is 1.74. The van der Waals surface area contributed by atoms with Crippen molar-refractivity contribution in [3.8, 4) is 12.5 Å². The summed E-state index contributed by atoms with van der Waals surface area (Å²) in [5, 5.41) is 1.19. The second-order valence-electron chi connectivity index (χ2n) is 2.37. The number of para-hydroxylation sites is 1. The Morgan fingerprint density at radius 3 is 2.82 bits per heavy atom. The first-order valence-corrected chi connectivity index (χ1v) is 3.44. The van der Waals surface area contributed by atoms with Crippen molar-refractivity contribution < 1.29 is 0 Å². The van der Waals surface area contributed by atoms with Crippen LogP contribution in [0.5, 0.6) is 0 Å². The molecular formula is C10H7N. The van der Waals surface area contributed by atoms with Crippen molar-refractivity contribution in [1.82, 2.24) is 4.57 Å². The quantitative estimate of drug-likeness (QED) is 0.495. The largest absolute Gasteiger partial charge is 0.277 e. The van der Waals surface area contributed by atoms with E-state index >= 15 is 0 Å². The number of hydrogen-bond acceptors (Lipinski definition) is 0. The summed E-state index contributed by atoms with van der Waals surface area (Å²) in [4.78, 5) is 0. The lowest BCUT2D eigenvalue weighted by Gasteiger charge is -1.91. The van der Waals surface area contributed by atoms with Crippen molar-refractivity contribution in [2.24, 2.45) is 0 Å². The summed E-state index contributed by atoms with van der Waals surface area (Å²) in [7, 11) is 0. The molecular weight excluding hydrogens is 134 g/mol. The van der Waals surface area contributed by atoms with Crippen LogP contribution in [0.2, 0.25) is 0 Å². The molecule has 0 bridgehead atoms. The summed E-state index contributed by atoms with van der Waals surface area (Å²) in [6.07, 6.45) is 7.17. The lowest BCUT2D eigenvalue weighted by molar-refractivity contribution is 1.20. The molecule has 0 aliphatic carbocycles. The number of benzene rings is 1. The average molecular weight is 141 g/mol. The minimum Gasteiger partial charge on any atom is -0.277 e. The Bertz CT molecular complexity index is 418. The number of aromatic nitrogens is 1. The highest BCUT2D eigenvalue weighted by molar-refractivity contribution is 5.80. The van der Waals surface area contributed by atoms with E-state index in [1.807, 2.05) is 36.5 Å². The Hall–Kier alpha value is -1.68. The van der Waals surface area contributed by atoms with Crippen molar-refractivity contribution in [2.45, 2.75) is 0 Å². The van der Waals surface area contributed by atoms with Gasteiger partial charge in [0.25, 0.3) is 0 Å². The summed E-state index contributed by atoms with van der Waals surface area (Å²) >= 11 is 0. The SMILES string of the molecule is C#Cn1ccc2ccccc21. The monoisotopic (exact) mass is 141 g/mol. The van der Waals surface area contributed by atoms with Gasteiger partial charge < -0.3 is 0 Å². The average Bonchev–Trinajstić information content (AvgIpc) is 2.47. The van der Waals surface area contributed by atoms with Gasteiger partial charge in [0, 0.05) is 17.6 Å². The van der Waals surface area contributed by atoms with E-state index < -0.39 is 0 Å². The van der Waals surface area contributed by atoms with Crippen molar-refractivity contribution in [1.29, 1.82) is 0 Å². The second-order valence-corrected chi connectivity index (χ2v) is 2.37. The van der Waals surface area contributed by atoms with Crippen molar-refractivity contribution >= 4 is 10.9 Å². The molecule has 0 radical (unpaired) electrons. The van der Waals surface area contributed by atoms with Crippen molar-refractivity contribution in [2.75, 3.05) is 0 Å². The maximum atomic E-state index is 5.27. The standard InChI is InChI=1S/C10H7N/c1-2-11-8-7-9-5-3-4-6-10(9)11/h1,3-8H. The third kappa shape index (κ3) is 0.805. The fourth-order valence-corrected chi connectivity index (χ4v) is 1.20. The second kappa shape index (κ2) is 2.17. The van der Waals surface area contributed by atoms with Crippen LogP contribution in [0.3, 0.4) is 0 Å². The molecule has 0 atom stereocenters. The van der Waals surface area contributed by atoms with E-state index in [9.17, 15) is 0 Å². The molecule has 1 heteroatoms. The predicted octanol–water partition coefficient (Wildman–Crippen LogP) is 2.08. The summed E-state index contributed by atoms with van der Waals surface area (Å²) in [5.74, 6) is 0. The Morgan fingerprint density at radius 2 is 2.00 bits per heavy atom. The van der Waals surface area contributed by atoms with E-state index in [2.05, 4.69) is 6.04 Å². The summed E-state index contributed by atoms with van der Waals surface area (Å²) in [5.41, 5.74) is 1.09. The van der Waals surface area contributed by atoms with Crippen molar-refractivity contribution in [3.05, 3.63) is 36.5 Å². The zero-order chi connectivity index (χ0) is 7.68. The number of terminal acetylenes is 1. The fourth-order valence-electron chi connectivity index (χ4n) is 1.20. The van der Waals surface area contributed by atoms with Crippen LogP contribution in [0.25, 0.3) is 10.9 Å². The maximum Gasteiger partial charge on any atom is 0.0611 e. The van der Waals surface area contributed by atoms with E-state index in [1.165, 1.54) is 5.39 Å². The van der Waals surface area contributed by atoms with E-state index in [-0.39, 0.29) is 0 Å². The zero-order valence-corrected chi connectivity index (χ0v) is 5.99. The maximum absolute atomic E-state index is 5.27. The van der Waals surface area contributed by atoms with Gasteiger partial charge in [0.05, 0.1) is 5.52 Å². The molecule has 0 amide bonds. The van der Waals surface area contributed by atoms with Gasteiger partial charge >= 0.3 is 0 Å². The molecule has 0 saturated heterocycles. The molecule has 1 aromatic heterocycles. The molecule has 52 valence electrons. The van der Waals surface area contributed by atoms with Crippen LogP contribution < -0.4 is 0 Å². The minimum absolute atomic E-state index is 1.09. The Kier molecular flexibility index (Phi) is 1.20. The number of nitrogens with zero attached hydrogens (tertiary/aromatic N) is 1. The van der Waals surface area contributed by atoms with Gasteiger partial charge in [-0.15, -0.1) is 0 Å². The van der Waals surface area contributed by atoms with Gasteiger partial charge in [-0.05, 0) is 12.1 Å². The number of hydrogen-bond donors (Lipinski definition) is 0. The Morgan fingerprint density at radius 1 is 1.18 bits per heavy atom. The van der Waals surface area contributed by atoms with Crippen LogP contribution in [0.15, 0.2) is 36.5 Å². The molecule has 0 saturated carbocycles. The summed E-state index contributed by atoms with van der Waals surface area (Å²) in [6, 6.07) is 12.6. The number of fused-ring (bicyclic) bond motifs is 1. The van der Waals surface area contributed by atoms with Gasteiger partial charge in [-0.3, -0.25) is 4.57 Å². The number of rotatable bonds is 0. The molecule has 0 spiro atoms. The minimum atomic E-state index is 1.09. The molecule has 11 heavy (non-hydrogen) atoms. The molecule has 2 rings (SSSR count). The molecule has 2 aromatic rings. The van der Waals surface area contributed by atoms with Crippen LogP contribution >= 0.6 is 0 Å². The smallest absolute Gasteiger partial charge is 0.0611 e. The van der Waals surface area contributed by atoms with E-state index in [0.717, 1.165) is 5.52 Å². The van der Waals surface area contributed by atoms with Crippen LogP contribution in [-0.4, -0.2) is 4.57 Å². The van der Waals surface area contributed by atoms with Gasteiger partial charge in [-0.2, -0.15) is 0 Å². The highest BCUT2D eigenvalue weighted by Crippen LogP contribution is 2.13. The first kappa shape index (κ1) is 6.06. The molecule has 0 aliphatic rings. The summed E-state index contributed by atoms with van der Waals surface area (Å²) in [6.45, 7) is 0. The highest BCUT2D eigenvalue weighted by Gasteiger charge is 1.94.